The minimum Gasteiger partial charge on any atom is -0.454 e. The number of hydrogen-bond donors (Lipinski definition) is 2. The molecule has 2 N–H and O–H groups in total. The third-order valence-electron chi connectivity index (χ3n) is 3.82. The van der Waals surface area contributed by atoms with Crippen molar-refractivity contribution >= 4 is 0 Å². The Labute approximate surface area is 107 Å². The smallest absolute Gasteiger partial charge is 0.231 e. The summed E-state index contributed by atoms with van der Waals surface area (Å²) in [5, 5.41) is 13.2. The monoisotopic (exact) mass is 249 g/mol. The Balaban J connectivity index is 1.56. The van der Waals surface area contributed by atoms with Gasteiger partial charge in [0.1, 0.15) is 0 Å². The molecule has 3 rings (SSSR count). The van der Waals surface area contributed by atoms with Gasteiger partial charge in [-0.15, -0.1) is 0 Å². The van der Waals surface area contributed by atoms with Gasteiger partial charge in [0.15, 0.2) is 11.5 Å². The zero-order valence-corrected chi connectivity index (χ0v) is 10.4. The molecular formula is C14H19NO3. The van der Waals surface area contributed by atoms with Crippen LogP contribution in [0.3, 0.4) is 0 Å². The molecule has 2 unspecified atom stereocenters. The molecule has 1 heterocycles. The van der Waals surface area contributed by atoms with Crippen LogP contribution in [0.5, 0.6) is 11.5 Å². The molecule has 4 nitrogen and oxygen atoms in total. The van der Waals surface area contributed by atoms with E-state index in [0.29, 0.717) is 12.7 Å². The molecule has 0 radical (unpaired) electrons. The van der Waals surface area contributed by atoms with Crippen molar-refractivity contribution in [2.24, 2.45) is 5.92 Å². The van der Waals surface area contributed by atoms with Crippen LogP contribution in [-0.2, 0) is 6.54 Å². The van der Waals surface area contributed by atoms with Gasteiger partial charge >= 0.3 is 0 Å². The van der Waals surface area contributed by atoms with Gasteiger partial charge in [-0.1, -0.05) is 18.6 Å². The molecule has 1 saturated carbocycles. The van der Waals surface area contributed by atoms with Gasteiger partial charge < -0.3 is 19.9 Å². The molecule has 2 aliphatic rings. The number of benzene rings is 1. The van der Waals surface area contributed by atoms with Crippen LogP contribution in [0.25, 0.3) is 0 Å². The van der Waals surface area contributed by atoms with Crippen LogP contribution in [0.1, 0.15) is 24.8 Å². The molecule has 0 bridgehead atoms. The molecule has 1 aromatic rings. The topological polar surface area (TPSA) is 50.7 Å². The number of nitrogens with one attached hydrogen (secondary N) is 1. The first-order chi connectivity index (χ1) is 8.84. The summed E-state index contributed by atoms with van der Waals surface area (Å²) < 4.78 is 10.8. The van der Waals surface area contributed by atoms with Gasteiger partial charge in [0.25, 0.3) is 0 Å². The van der Waals surface area contributed by atoms with E-state index in [-0.39, 0.29) is 6.10 Å². The number of fused-ring (bicyclic) bond motifs is 1. The Kier molecular flexibility index (Phi) is 3.39. The van der Waals surface area contributed by atoms with Crippen molar-refractivity contribution in [3.05, 3.63) is 23.8 Å². The maximum atomic E-state index is 9.76. The number of ether oxygens (including phenoxy) is 2. The van der Waals surface area contributed by atoms with Gasteiger partial charge in [0, 0.05) is 18.7 Å². The summed E-state index contributed by atoms with van der Waals surface area (Å²) in [6.07, 6.45) is 3.09. The van der Waals surface area contributed by atoms with E-state index >= 15 is 0 Å². The molecule has 0 amide bonds. The van der Waals surface area contributed by atoms with Crippen LogP contribution in [0.15, 0.2) is 18.2 Å². The predicted molar refractivity (Wildman–Crippen MR) is 67.6 cm³/mol. The highest BCUT2D eigenvalue weighted by molar-refractivity contribution is 5.48. The molecule has 98 valence electrons. The normalized spacial score (nSPS) is 25.6. The summed E-state index contributed by atoms with van der Waals surface area (Å²) >= 11 is 0. The third-order valence-corrected chi connectivity index (χ3v) is 3.82. The van der Waals surface area contributed by atoms with Crippen LogP contribution in [0, 0.1) is 5.92 Å². The van der Waals surface area contributed by atoms with E-state index in [1.54, 1.807) is 0 Å². The van der Waals surface area contributed by atoms with E-state index in [4.69, 9.17) is 9.47 Å². The molecule has 1 aromatic carbocycles. The number of para-hydroxylation sites is 1. The van der Waals surface area contributed by atoms with Crippen LogP contribution in [0.2, 0.25) is 0 Å². The first-order valence-corrected chi connectivity index (χ1v) is 6.61. The van der Waals surface area contributed by atoms with Crippen LogP contribution < -0.4 is 14.8 Å². The molecule has 0 spiro atoms. The van der Waals surface area contributed by atoms with Gasteiger partial charge in [0.05, 0.1) is 6.10 Å². The van der Waals surface area contributed by atoms with Gasteiger partial charge in [-0.3, -0.25) is 0 Å². The quantitative estimate of drug-likeness (QED) is 0.852. The van der Waals surface area contributed by atoms with Gasteiger partial charge in [-0.2, -0.15) is 0 Å². The fraction of sp³-hybridized carbons (Fsp3) is 0.571. The molecule has 18 heavy (non-hydrogen) atoms. The second-order valence-corrected chi connectivity index (χ2v) is 5.04. The lowest BCUT2D eigenvalue weighted by Crippen LogP contribution is -2.27. The Morgan fingerprint density at radius 3 is 3.06 bits per heavy atom. The Morgan fingerprint density at radius 1 is 1.28 bits per heavy atom. The lowest BCUT2D eigenvalue weighted by molar-refractivity contribution is 0.131. The summed E-state index contributed by atoms with van der Waals surface area (Å²) in [5.41, 5.74) is 1.12. The molecule has 1 fully saturated rings. The van der Waals surface area contributed by atoms with E-state index in [1.807, 2.05) is 18.2 Å². The Hall–Kier alpha value is -1.26. The molecule has 2 atom stereocenters. The first kappa shape index (κ1) is 11.8. The second kappa shape index (κ2) is 5.16. The average molecular weight is 249 g/mol. The number of aliphatic hydroxyl groups is 1. The van der Waals surface area contributed by atoms with E-state index < -0.39 is 0 Å². The van der Waals surface area contributed by atoms with E-state index in [0.717, 1.165) is 49.4 Å². The third kappa shape index (κ3) is 2.31. The van der Waals surface area contributed by atoms with Crippen molar-refractivity contribution in [2.75, 3.05) is 13.3 Å². The summed E-state index contributed by atoms with van der Waals surface area (Å²) in [7, 11) is 0. The van der Waals surface area contributed by atoms with Crippen LogP contribution in [0.4, 0.5) is 0 Å². The maximum absolute atomic E-state index is 9.76. The zero-order valence-electron chi connectivity index (χ0n) is 10.4. The number of rotatable bonds is 4. The summed E-state index contributed by atoms with van der Waals surface area (Å²) in [4.78, 5) is 0. The maximum Gasteiger partial charge on any atom is 0.231 e. The molecule has 4 heteroatoms. The zero-order chi connectivity index (χ0) is 12.4. The lowest BCUT2D eigenvalue weighted by atomic mass is 10.1. The minimum absolute atomic E-state index is 0.126. The SMILES string of the molecule is OC1CCCC1CNCc1cccc2c1OCO2. The summed E-state index contributed by atoms with van der Waals surface area (Å²) in [6, 6.07) is 5.95. The van der Waals surface area contributed by atoms with Crippen molar-refractivity contribution < 1.29 is 14.6 Å². The fourth-order valence-electron chi connectivity index (χ4n) is 2.78. The predicted octanol–water partition coefficient (Wildman–Crippen LogP) is 1.67. The highest BCUT2D eigenvalue weighted by Gasteiger charge is 2.24. The fourth-order valence-corrected chi connectivity index (χ4v) is 2.78. The molecule has 0 aromatic heterocycles. The van der Waals surface area contributed by atoms with Crippen molar-refractivity contribution in [3.8, 4) is 11.5 Å². The van der Waals surface area contributed by atoms with Gasteiger partial charge in [-0.25, -0.2) is 0 Å². The van der Waals surface area contributed by atoms with Crippen molar-refractivity contribution in [1.82, 2.24) is 5.32 Å². The molecule has 0 saturated heterocycles. The summed E-state index contributed by atoms with van der Waals surface area (Å²) in [5.74, 6) is 2.09. The highest BCUT2D eigenvalue weighted by Crippen LogP contribution is 2.35. The average Bonchev–Trinajstić information content (AvgIpc) is 2.99. The second-order valence-electron chi connectivity index (χ2n) is 5.04. The molecule has 1 aliphatic heterocycles. The van der Waals surface area contributed by atoms with Crippen molar-refractivity contribution in [3.63, 3.8) is 0 Å². The highest BCUT2D eigenvalue weighted by atomic mass is 16.7. The van der Waals surface area contributed by atoms with Crippen molar-refractivity contribution in [2.45, 2.75) is 31.9 Å². The Morgan fingerprint density at radius 2 is 2.22 bits per heavy atom. The first-order valence-electron chi connectivity index (χ1n) is 6.61. The summed E-state index contributed by atoms with van der Waals surface area (Å²) in [6.45, 7) is 1.94. The number of aliphatic hydroxyl groups excluding tert-OH is 1. The molecular weight excluding hydrogens is 230 g/mol. The lowest BCUT2D eigenvalue weighted by Gasteiger charge is -2.15. The van der Waals surface area contributed by atoms with E-state index in [9.17, 15) is 5.11 Å². The number of hydrogen-bond acceptors (Lipinski definition) is 4. The van der Waals surface area contributed by atoms with Gasteiger partial charge in [-0.05, 0) is 24.8 Å². The minimum atomic E-state index is -0.126. The largest absolute Gasteiger partial charge is 0.454 e. The standard InChI is InChI=1S/C14H19NO3/c16-12-5-1-3-10(12)7-15-8-11-4-2-6-13-14(11)18-9-17-13/h2,4,6,10,12,15-16H,1,3,5,7-9H2. The van der Waals surface area contributed by atoms with Crippen LogP contribution in [-0.4, -0.2) is 24.5 Å². The van der Waals surface area contributed by atoms with E-state index in [1.165, 1.54) is 0 Å². The van der Waals surface area contributed by atoms with Crippen molar-refractivity contribution in [1.29, 1.82) is 0 Å². The Bertz CT molecular complexity index is 422. The van der Waals surface area contributed by atoms with Gasteiger partial charge in [0.2, 0.25) is 6.79 Å². The molecule has 1 aliphatic carbocycles. The van der Waals surface area contributed by atoms with E-state index in [2.05, 4.69) is 5.32 Å². The van der Waals surface area contributed by atoms with Crippen LogP contribution >= 0.6 is 0 Å².